The van der Waals surface area contributed by atoms with Gasteiger partial charge in [0.2, 0.25) is 5.91 Å². The summed E-state index contributed by atoms with van der Waals surface area (Å²) in [5.41, 5.74) is 3.70. The normalized spacial score (nSPS) is 35.5. The van der Waals surface area contributed by atoms with Gasteiger partial charge < -0.3 is 14.5 Å². The van der Waals surface area contributed by atoms with Crippen molar-refractivity contribution in [3.8, 4) is 6.07 Å². The van der Waals surface area contributed by atoms with Crippen LogP contribution in [0.1, 0.15) is 55.2 Å². The van der Waals surface area contributed by atoms with Gasteiger partial charge in [-0.3, -0.25) is 25.1 Å². The lowest BCUT2D eigenvalue weighted by molar-refractivity contribution is -0.154. The molecule has 6 unspecified atom stereocenters. The lowest BCUT2D eigenvalue weighted by atomic mass is 9.58. The SMILES string of the molecule is C=CC(=O)N1CCN(C2NC(OCC3CCCN3C)NC3C(=O)[C@@]4(CCc5cccc(C)c5C4)CCC32)CC1CC#N. The molecule has 2 N–H and O–H groups in total. The van der Waals surface area contributed by atoms with E-state index in [-0.39, 0.29) is 41.9 Å². The van der Waals surface area contributed by atoms with Crippen LogP contribution in [0.4, 0.5) is 0 Å². The number of amides is 1. The number of nitriles is 1. The van der Waals surface area contributed by atoms with Crippen LogP contribution in [-0.2, 0) is 27.2 Å². The summed E-state index contributed by atoms with van der Waals surface area (Å²) in [6.45, 7) is 9.32. The van der Waals surface area contributed by atoms with Crippen molar-refractivity contribution < 1.29 is 14.3 Å². The molecule has 7 atom stereocenters. The van der Waals surface area contributed by atoms with Crippen molar-refractivity contribution >= 4 is 11.7 Å². The number of likely N-dealkylation sites (tertiary alicyclic amines) is 1. The summed E-state index contributed by atoms with van der Waals surface area (Å²) < 4.78 is 6.48. The number of piperazine rings is 1. The fraction of sp³-hybridized carbons (Fsp3) is 0.667. The third-order valence-corrected chi connectivity index (χ3v) is 11.0. The van der Waals surface area contributed by atoms with Crippen molar-refractivity contribution in [1.82, 2.24) is 25.3 Å². The van der Waals surface area contributed by atoms with Crippen molar-refractivity contribution in [2.45, 2.75) is 88.9 Å². The van der Waals surface area contributed by atoms with E-state index in [1.54, 1.807) is 4.90 Å². The van der Waals surface area contributed by atoms with Gasteiger partial charge in [-0.05, 0) is 88.2 Å². The Bertz CT molecular complexity index is 1250. The third-order valence-electron chi connectivity index (χ3n) is 11.0. The zero-order valence-electron chi connectivity index (χ0n) is 25.2. The van der Waals surface area contributed by atoms with E-state index in [2.05, 4.69) is 65.3 Å². The highest BCUT2D eigenvalue weighted by atomic mass is 16.5. The average molecular weight is 575 g/mol. The standard InChI is InChI=1S/C33H46N6O3/c1-4-28(40)39-18-17-38(20-24(39)12-15-34)31-26-11-14-33(13-10-23-8-5-7-22(2)27(23)19-33)30(41)29(26)35-32(36-31)42-21-25-9-6-16-37(25)3/h4-5,7-8,24-26,29,31-32,35-36H,1,6,9-14,16-21H2,2-3H3/t24?,25?,26?,29?,31?,32?,33-/m0/s1. The highest BCUT2D eigenvalue weighted by molar-refractivity contribution is 5.92. The Balaban J connectivity index is 1.25. The Morgan fingerprint density at radius 1 is 1.21 bits per heavy atom. The number of nitrogens with one attached hydrogen (secondary N) is 2. The Hall–Kier alpha value is -2.61. The van der Waals surface area contributed by atoms with E-state index in [4.69, 9.17) is 4.74 Å². The van der Waals surface area contributed by atoms with Crippen LogP contribution in [0.5, 0.6) is 0 Å². The molecule has 226 valence electrons. The number of ketones is 1. The van der Waals surface area contributed by atoms with Gasteiger partial charge in [-0.1, -0.05) is 24.8 Å². The molecule has 42 heavy (non-hydrogen) atoms. The molecule has 4 fully saturated rings. The minimum Gasteiger partial charge on any atom is -0.348 e. The van der Waals surface area contributed by atoms with Crippen molar-refractivity contribution in [2.75, 3.05) is 39.8 Å². The maximum atomic E-state index is 14.6. The van der Waals surface area contributed by atoms with Gasteiger partial charge in [-0.15, -0.1) is 0 Å². The number of nitrogens with zero attached hydrogens (tertiary/aromatic N) is 4. The number of likely N-dealkylation sites (N-methyl/N-ethyl adjacent to an activating group) is 1. The minimum absolute atomic E-state index is 0.0800. The van der Waals surface area contributed by atoms with Crippen LogP contribution in [0.2, 0.25) is 0 Å². The molecule has 1 amide bonds. The van der Waals surface area contributed by atoms with Gasteiger partial charge in [0, 0.05) is 37.0 Å². The Labute approximate surface area is 250 Å². The van der Waals surface area contributed by atoms with Gasteiger partial charge in [0.25, 0.3) is 0 Å². The molecule has 5 aliphatic rings. The number of hydrogen-bond donors (Lipinski definition) is 2. The Kier molecular flexibility index (Phi) is 8.54. The summed E-state index contributed by atoms with van der Waals surface area (Å²) in [5.74, 6) is 0.287. The fourth-order valence-corrected chi connectivity index (χ4v) is 8.45. The first-order valence-electron chi connectivity index (χ1n) is 15.8. The van der Waals surface area contributed by atoms with Crippen LogP contribution in [0.3, 0.4) is 0 Å². The zero-order chi connectivity index (χ0) is 29.4. The maximum Gasteiger partial charge on any atom is 0.246 e. The van der Waals surface area contributed by atoms with Crippen LogP contribution in [-0.4, -0.2) is 96.9 Å². The van der Waals surface area contributed by atoms with E-state index in [1.165, 1.54) is 29.2 Å². The van der Waals surface area contributed by atoms with Crippen LogP contribution in [0.25, 0.3) is 0 Å². The summed E-state index contributed by atoms with van der Waals surface area (Å²) >= 11 is 0. The molecule has 3 heterocycles. The molecule has 0 aromatic heterocycles. The zero-order valence-corrected chi connectivity index (χ0v) is 25.2. The topological polar surface area (TPSA) is 101 Å². The Morgan fingerprint density at radius 3 is 2.83 bits per heavy atom. The third kappa shape index (κ3) is 5.44. The second kappa shape index (κ2) is 12.2. The molecule has 2 aliphatic carbocycles. The number of hydrogen-bond acceptors (Lipinski definition) is 8. The highest BCUT2D eigenvalue weighted by Crippen LogP contribution is 2.48. The lowest BCUT2D eigenvalue weighted by Crippen LogP contribution is -2.74. The van der Waals surface area contributed by atoms with Crippen molar-refractivity contribution in [3.63, 3.8) is 0 Å². The molecular formula is C33H46N6O3. The molecule has 6 rings (SSSR count). The first kappa shape index (κ1) is 29.5. The van der Waals surface area contributed by atoms with Crippen molar-refractivity contribution in [2.24, 2.45) is 11.3 Å². The molecule has 1 saturated carbocycles. The van der Waals surface area contributed by atoms with E-state index >= 15 is 0 Å². The van der Waals surface area contributed by atoms with Gasteiger partial charge in [0.15, 0.2) is 12.1 Å². The number of benzene rings is 1. The molecular weight excluding hydrogens is 528 g/mol. The molecule has 3 saturated heterocycles. The summed E-state index contributed by atoms with van der Waals surface area (Å²) in [4.78, 5) is 33.7. The molecule has 3 aliphatic heterocycles. The number of carbonyl (C=O) groups is 2. The predicted octanol–water partition coefficient (Wildman–Crippen LogP) is 2.34. The number of rotatable bonds is 6. The second-order valence-corrected chi connectivity index (χ2v) is 13.2. The molecule has 1 aromatic rings. The number of ether oxygens (including phenoxy) is 1. The summed E-state index contributed by atoms with van der Waals surface area (Å²) in [7, 11) is 2.15. The largest absolute Gasteiger partial charge is 0.348 e. The van der Waals surface area contributed by atoms with E-state index in [1.807, 2.05) is 0 Å². The van der Waals surface area contributed by atoms with E-state index in [9.17, 15) is 14.9 Å². The predicted molar refractivity (Wildman–Crippen MR) is 160 cm³/mol. The average Bonchev–Trinajstić information content (AvgIpc) is 3.42. The first-order valence-corrected chi connectivity index (χ1v) is 15.8. The van der Waals surface area contributed by atoms with Crippen LogP contribution in [0.15, 0.2) is 30.9 Å². The second-order valence-electron chi connectivity index (χ2n) is 13.2. The first-order chi connectivity index (χ1) is 20.3. The lowest BCUT2D eigenvalue weighted by Gasteiger charge is -2.55. The summed E-state index contributed by atoms with van der Waals surface area (Å²) in [6, 6.07) is 8.68. The van der Waals surface area contributed by atoms with E-state index in [0.717, 1.165) is 45.1 Å². The number of carbonyl (C=O) groups excluding carboxylic acids is 2. The van der Waals surface area contributed by atoms with Gasteiger partial charge in [-0.2, -0.15) is 5.26 Å². The quantitative estimate of drug-likeness (QED) is 0.500. The van der Waals surface area contributed by atoms with Crippen molar-refractivity contribution in [1.29, 1.82) is 5.26 Å². The van der Waals surface area contributed by atoms with E-state index in [0.29, 0.717) is 38.1 Å². The van der Waals surface area contributed by atoms with Crippen LogP contribution in [0, 0.1) is 29.6 Å². The number of Topliss-reactive ketones (excluding diaryl/α,β-unsaturated/α-hetero) is 1. The summed E-state index contributed by atoms with van der Waals surface area (Å²) in [6.07, 6.45) is 7.88. The fourth-order valence-electron chi connectivity index (χ4n) is 8.45. The molecule has 0 radical (unpaired) electrons. The van der Waals surface area contributed by atoms with Crippen LogP contribution < -0.4 is 10.6 Å². The van der Waals surface area contributed by atoms with Gasteiger partial charge in [-0.25, -0.2) is 0 Å². The number of fused-ring (bicyclic) bond motifs is 2. The highest BCUT2D eigenvalue weighted by Gasteiger charge is 2.55. The van der Waals surface area contributed by atoms with Crippen molar-refractivity contribution in [3.05, 3.63) is 47.5 Å². The van der Waals surface area contributed by atoms with Gasteiger partial charge >= 0.3 is 0 Å². The molecule has 9 heteroatoms. The summed E-state index contributed by atoms with van der Waals surface area (Å²) in [5, 5.41) is 16.9. The smallest absolute Gasteiger partial charge is 0.246 e. The van der Waals surface area contributed by atoms with Gasteiger partial charge in [0.1, 0.15) is 0 Å². The Morgan fingerprint density at radius 2 is 2.07 bits per heavy atom. The van der Waals surface area contributed by atoms with E-state index < -0.39 is 6.35 Å². The van der Waals surface area contributed by atoms with Gasteiger partial charge in [0.05, 0.1) is 37.3 Å². The number of aryl methyl sites for hydroxylation is 2. The molecule has 1 spiro atoms. The van der Waals surface area contributed by atoms with Crippen LogP contribution >= 0.6 is 0 Å². The minimum atomic E-state index is -0.441. The monoisotopic (exact) mass is 574 g/mol. The molecule has 9 nitrogen and oxygen atoms in total. The molecule has 0 bridgehead atoms. The maximum absolute atomic E-state index is 14.6. The molecule has 1 aromatic carbocycles.